The van der Waals surface area contributed by atoms with Gasteiger partial charge in [0.15, 0.2) is 0 Å². The molecule has 33 heavy (non-hydrogen) atoms. The highest BCUT2D eigenvalue weighted by molar-refractivity contribution is 5.96. The van der Waals surface area contributed by atoms with Crippen LogP contribution in [0.2, 0.25) is 0 Å². The summed E-state index contributed by atoms with van der Waals surface area (Å²) in [6.45, 7) is 4.58. The number of aliphatic carboxylic acids is 1. The lowest BCUT2D eigenvalue weighted by molar-refractivity contribution is -0.144. The van der Waals surface area contributed by atoms with Gasteiger partial charge in [0.1, 0.15) is 18.1 Å². The van der Waals surface area contributed by atoms with Crippen molar-refractivity contribution < 1.29 is 29.1 Å². The number of amides is 4. The Bertz CT molecular complexity index is 697. The fourth-order valence-electron chi connectivity index (χ4n) is 3.56. The molecule has 12 nitrogen and oxygen atoms in total. The first-order valence-electron chi connectivity index (χ1n) is 11.5. The topological polar surface area (TPSA) is 206 Å². The Hall–Kier alpha value is -2.73. The van der Waals surface area contributed by atoms with Crippen LogP contribution < -0.4 is 32.7 Å². The van der Waals surface area contributed by atoms with E-state index in [1.165, 1.54) is 0 Å². The van der Waals surface area contributed by atoms with Crippen molar-refractivity contribution in [3.63, 3.8) is 0 Å². The van der Waals surface area contributed by atoms with Gasteiger partial charge in [-0.3, -0.25) is 19.2 Å². The number of carbonyl (C=O) groups is 5. The molecule has 0 saturated carbocycles. The highest BCUT2D eigenvalue weighted by Gasteiger charge is 2.33. The fraction of sp³-hybridized carbons (Fsp3) is 0.762. The molecular weight excluding hydrogens is 432 g/mol. The second-order valence-corrected chi connectivity index (χ2v) is 8.44. The highest BCUT2D eigenvalue weighted by Crippen LogP contribution is 2.10. The van der Waals surface area contributed by atoms with Gasteiger partial charge in [-0.1, -0.05) is 20.3 Å². The molecule has 1 heterocycles. The second kappa shape index (κ2) is 14.4. The predicted octanol–water partition coefficient (Wildman–Crippen LogP) is -1.67. The van der Waals surface area contributed by atoms with Crippen LogP contribution in [0.5, 0.6) is 0 Å². The molecule has 0 aromatic carbocycles. The minimum Gasteiger partial charge on any atom is -0.480 e. The monoisotopic (exact) mass is 470 g/mol. The Morgan fingerprint density at radius 2 is 1.73 bits per heavy atom. The molecule has 0 aromatic heterocycles. The van der Waals surface area contributed by atoms with Crippen LogP contribution in [0.1, 0.15) is 58.8 Å². The quantitative estimate of drug-likeness (QED) is 0.137. The van der Waals surface area contributed by atoms with Crippen LogP contribution >= 0.6 is 0 Å². The number of primary amides is 1. The largest absolute Gasteiger partial charge is 0.480 e. The average Bonchev–Trinajstić information content (AvgIpc) is 3.30. The summed E-state index contributed by atoms with van der Waals surface area (Å²) >= 11 is 0. The van der Waals surface area contributed by atoms with E-state index in [4.69, 9.17) is 11.5 Å². The average molecular weight is 471 g/mol. The van der Waals surface area contributed by atoms with Gasteiger partial charge in [-0.15, -0.1) is 0 Å². The maximum Gasteiger partial charge on any atom is 0.326 e. The van der Waals surface area contributed by atoms with Crippen molar-refractivity contribution in [2.45, 2.75) is 83.0 Å². The molecule has 188 valence electrons. The summed E-state index contributed by atoms with van der Waals surface area (Å²) < 4.78 is 0. The number of carboxylic acid groups (broad SMARTS) is 1. The van der Waals surface area contributed by atoms with Crippen LogP contribution in [-0.2, 0) is 24.0 Å². The molecule has 1 saturated heterocycles. The summed E-state index contributed by atoms with van der Waals surface area (Å²) in [7, 11) is 0. The van der Waals surface area contributed by atoms with Crippen LogP contribution in [0.3, 0.4) is 0 Å². The minimum atomic E-state index is -1.38. The fourth-order valence-corrected chi connectivity index (χ4v) is 3.56. The number of carbonyl (C=O) groups excluding carboxylic acids is 4. The lowest BCUT2D eigenvalue weighted by atomic mass is 9.98. The van der Waals surface area contributed by atoms with Gasteiger partial charge in [-0.2, -0.15) is 0 Å². The summed E-state index contributed by atoms with van der Waals surface area (Å²) in [5, 5.41) is 20.0. The second-order valence-electron chi connectivity index (χ2n) is 8.44. The minimum absolute atomic E-state index is 0.289. The normalized spacial score (nSPS) is 19.1. The Labute approximate surface area is 194 Å². The van der Waals surface area contributed by atoms with Crippen molar-refractivity contribution in [1.29, 1.82) is 0 Å². The van der Waals surface area contributed by atoms with Crippen molar-refractivity contribution in [2.75, 3.05) is 13.1 Å². The number of unbranched alkanes of at least 4 members (excludes halogenated alkanes) is 1. The van der Waals surface area contributed by atoms with E-state index < -0.39 is 54.3 Å². The summed E-state index contributed by atoms with van der Waals surface area (Å²) in [5.74, 6) is -4.25. The number of hydrogen-bond acceptors (Lipinski definition) is 7. The van der Waals surface area contributed by atoms with E-state index in [1.807, 2.05) is 0 Å². The van der Waals surface area contributed by atoms with Crippen molar-refractivity contribution in [1.82, 2.24) is 21.3 Å². The van der Waals surface area contributed by atoms with E-state index in [9.17, 15) is 29.1 Å². The smallest absolute Gasteiger partial charge is 0.326 e. The molecule has 0 bridgehead atoms. The lowest BCUT2D eigenvalue weighted by Crippen LogP contribution is -2.58. The van der Waals surface area contributed by atoms with Crippen molar-refractivity contribution in [3.05, 3.63) is 0 Å². The summed E-state index contributed by atoms with van der Waals surface area (Å²) in [4.78, 5) is 61.3. The van der Waals surface area contributed by atoms with E-state index in [1.54, 1.807) is 13.8 Å². The molecule has 1 fully saturated rings. The van der Waals surface area contributed by atoms with Crippen LogP contribution in [0.4, 0.5) is 0 Å². The van der Waals surface area contributed by atoms with Crippen LogP contribution in [0.25, 0.3) is 0 Å². The molecule has 1 rings (SSSR count). The zero-order valence-corrected chi connectivity index (χ0v) is 19.4. The third-order valence-electron chi connectivity index (χ3n) is 5.77. The summed E-state index contributed by atoms with van der Waals surface area (Å²) in [6, 6.07) is -3.91. The Morgan fingerprint density at radius 3 is 2.24 bits per heavy atom. The zero-order valence-electron chi connectivity index (χ0n) is 19.4. The molecule has 0 aliphatic carbocycles. The number of hydrogen-bond donors (Lipinski definition) is 7. The number of nitrogens with one attached hydrogen (secondary N) is 4. The zero-order chi connectivity index (χ0) is 25.0. The first kappa shape index (κ1) is 28.3. The van der Waals surface area contributed by atoms with E-state index >= 15 is 0 Å². The van der Waals surface area contributed by atoms with E-state index in [0.717, 1.165) is 6.42 Å². The first-order valence-corrected chi connectivity index (χ1v) is 11.5. The van der Waals surface area contributed by atoms with E-state index in [0.29, 0.717) is 38.8 Å². The van der Waals surface area contributed by atoms with Crippen LogP contribution in [0.15, 0.2) is 0 Å². The van der Waals surface area contributed by atoms with E-state index in [-0.39, 0.29) is 18.2 Å². The van der Waals surface area contributed by atoms with Crippen molar-refractivity contribution in [2.24, 2.45) is 17.4 Å². The van der Waals surface area contributed by atoms with E-state index in [2.05, 4.69) is 21.3 Å². The Morgan fingerprint density at radius 1 is 1.06 bits per heavy atom. The number of rotatable bonds is 15. The van der Waals surface area contributed by atoms with Crippen molar-refractivity contribution >= 4 is 29.6 Å². The van der Waals surface area contributed by atoms with Gasteiger partial charge in [0.25, 0.3) is 0 Å². The molecule has 9 N–H and O–H groups in total. The summed E-state index contributed by atoms with van der Waals surface area (Å²) in [5.41, 5.74) is 10.8. The summed E-state index contributed by atoms with van der Waals surface area (Å²) in [6.07, 6.45) is 2.98. The third-order valence-corrected chi connectivity index (χ3v) is 5.77. The molecule has 12 heteroatoms. The van der Waals surface area contributed by atoms with Gasteiger partial charge in [-0.25, -0.2) is 4.79 Å². The SMILES string of the molecule is CCC(C)C(NC(=O)C(CC(N)=O)NC(=O)C(CCCCN)NC(=O)C1CCCN1)C(=O)O. The van der Waals surface area contributed by atoms with Crippen LogP contribution in [0, 0.1) is 5.92 Å². The molecule has 1 aliphatic rings. The molecule has 4 amide bonds. The van der Waals surface area contributed by atoms with Gasteiger partial charge >= 0.3 is 5.97 Å². The number of nitrogens with two attached hydrogens (primary N) is 2. The molecular formula is C21H38N6O6. The van der Waals surface area contributed by atoms with Gasteiger partial charge in [0, 0.05) is 0 Å². The standard InChI is InChI=1S/C21H38N6O6/c1-3-12(2)17(21(32)33)27-20(31)15(11-16(23)28)26-19(30)14(7-4-5-9-22)25-18(29)13-8-6-10-24-13/h12-15,17,24H,3-11,22H2,1-2H3,(H2,23,28)(H,25,29)(H,26,30)(H,27,31)(H,32,33). The third kappa shape index (κ3) is 9.74. The van der Waals surface area contributed by atoms with Gasteiger partial charge in [0.2, 0.25) is 23.6 Å². The number of carboxylic acids is 1. The lowest BCUT2D eigenvalue weighted by Gasteiger charge is -2.26. The molecule has 0 spiro atoms. The maximum absolute atomic E-state index is 13.0. The first-order chi connectivity index (χ1) is 15.6. The van der Waals surface area contributed by atoms with Crippen molar-refractivity contribution in [3.8, 4) is 0 Å². The van der Waals surface area contributed by atoms with Crippen LogP contribution in [-0.4, -0.2) is 72.0 Å². The molecule has 5 unspecified atom stereocenters. The molecule has 0 aromatic rings. The molecule has 0 radical (unpaired) electrons. The predicted molar refractivity (Wildman–Crippen MR) is 121 cm³/mol. The maximum atomic E-state index is 13.0. The Balaban J connectivity index is 2.94. The van der Waals surface area contributed by atoms with Gasteiger partial charge in [-0.05, 0) is 51.1 Å². The van der Waals surface area contributed by atoms with Gasteiger partial charge in [0.05, 0.1) is 12.5 Å². The Kier molecular flexibility index (Phi) is 12.4. The highest BCUT2D eigenvalue weighted by atomic mass is 16.4. The molecule has 1 aliphatic heterocycles. The molecule has 5 atom stereocenters. The van der Waals surface area contributed by atoms with Gasteiger partial charge < -0.3 is 37.8 Å².